The highest BCUT2D eigenvalue weighted by atomic mass is 32.2. The van der Waals surface area contributed by atoms with Crippen molar-refractivity contribution in [1.29, 1.82) is 0 Å². The lowest BCUT2D eigenvalue weighted by Gasteiger charge is -2.10. The fourth-order valence-electron chi connectivity index (χ4n) is 2.05. The summed E-state index contributed by atoms with van der Waals surface area (Å²) in [6, 6.07) is 7.03. The maximum absolute atomic E-state index is 11.3. The second-order valence-corrected chi connectivity index (χ2v) is 6.77. The molecule has 1 unspecified atom stereocenters. The van der Waals surface area contributed by atoms with Crippen LogP contribution in [-0.4, -0.2) is 31.9 Å². The van der Waals surface area contributed by atoms with Gasteiger partial charge in [0, 0.05) is 18.2 Å². The van der Waals surface area contributed by atoms with Gasteiger partial charge >= 0.3 is 0 Å². The smallest absolute Gasteiger partial charge is 0.248 e. The molecule has 98 valence electrons. The van der Waals surface area contributed by atoms with E-state index in [1.54, 1.807) is 18.2 Å². The lowest BCUT2D eigenvalue weighted by Crippen LogP contribution is -2.29. The van der Waals surface area contributed by atoms with Crippen molar-refractivity contribution in [3.63, 3.8) is 0 Å². The number of amides is 1. The van der Waals surface area contributed by atoms with Crippen LogP contribution in [0.5, 0.6) is 0 Å². The van der Waals surface area contributed by atoms with Crippen LogP contribution < -0.4 is 11.1 Å². The van der Waals surface area contributed by atoms with E-state index in [2.05, 4.69) is 5.32 Å². The monoisotopic (exact) mass is 268 g/mol. The third-order valence-corrected chi connectivity index (χ3v) is 4.81. The minimum atomic E-state index is -2.86. The Morgan fingerprint density at radius 1 is 1.44 bits per heavy atom. The highest BCUT2D eigenvalue weighted by Crippen LogP contribution is 2.12. The Morgan fingerprint density at radius 2 is 2.22 bits per heavy atom. The van der Waals surface area contributed by atoms with Crippen molar-refractivity contribution in [2.45, 2.75) is 19.0 Å². The number of sulfone groups is 1. The molecular weight excluding hydrogens is 252 g/mol. The van der Waals surface area contributed by atoms with Crippen LogP contribution in [0.4, 0.5) is 0 Å². The minimum Gasteiger partial charge on any atom is -0.366 e. The van der Waals surface area contributed by atoms with Crippen molar-refractivity contribution in [2.75, 3.05) is 11.5 Å². The molecule has 2 rings (SSSR count). The largest absolute Gasteiger partial charge is 0.366 e. The number of primary amides is 1. The lowest BCUT2D eigenvalue weighted by atomic mass is 10.1. The van der Waals surface area contributed by atoms with E-state index >= 15 is 0 Å². The Morgan fingerprint density at radius 3 is 2.83 bits per heavy atom. The van der Waals surface area contributed by atoms with Crippen LogP contribution in [0.15, 0.2) is 24.3 Å². The molecule has 3 N–H and O–H groups in total. The topological polar surface area (TPSA) is 89.3 Å². The van der Waals surface area contributed by atoms with Gasteiger partial charge in [0.05, 0.1) is 11.5 Å². The molecule has 6 heteroatoms. The first-order valence-electron chi connectivity index (χ1n) is 5.79. The van der Waals surface area contributed by atoms with Crippen molar-refractivity contribution in [2.24, 2.45) is 5.73 Å². The number of nitrogens with one attached hydrogen (secondary N) is 1. The highest BCUT2D eigenvalue weighted by molar-refractivity contribution is 7.91. The Kier molecular flexibility index (Phi) is 3.68. The summed E-state index contributed by atoms with van der Waals surface area (Å²) in [7, 11) is -2.86. The molecule has 5 nitrogen and oxygen atoms in total. The van der Waals surface area contributed by atoms with Crippen molar-refractivity contribution < 1.29 is 13.2 Å². The van der Waals surface area contributed by atoms with Gasteiger partial charge in [-0.2, -0.15) is 0 Å². The molecule has 1 aliphatic rings. The van der Waals surface area contributed by atoms with Gasteiger partial charge in [-0.05, 0) is 24.1 Å². The number of hydrogen-bond donors (Lipinski definition) is 2. The number of hydrogen-bond acceptors (Lipinski definition) is 4. The number of carbonyl (C=O) groups excluding carboxylic acids is 1. The van der Waals surface area contributed by atoms with E-state index in [0.717, 1.165) is 5.56 Å². The summed E-state index contributed by atoms with van der Waals surface area (Å²) >= 11 is 0. The van der Waals surface area contributed by atoms with Gasteiger partial charge in [0.2, 0.25) is 5.91 Å². The van der Waals surface area contributed by atoms with Crippen LogP contribution in [0.25, 0.3) is 0 Å². The maximum atomic E-state index is 11.3. The number of carbonyl (C=O) groups is 1. The molecule has 0 spiro atoms. The van der Waals surface area contributed by atoms with Crippen molar-refractivity contribution in [3.05, 3.63) is 35.4 Å². The van der Waals surface area contributed by atoms with E-state index in [9.17, 15) is 13.2 Å². The molecule has 1 saturated heterocycles. The summed E-state index contributed by atoms with van der Waals surface area (Å²) < 4.78 is 22.6. The summed E-state index contributed by atoms with van der Waals surface area (Å²) in [5, 5.41) is 3.19. The highest BCUT2D eigenvalue weighted by Gasteiger charge is 2.27. The fourth-order valence-corrected chi connectivity index (χ4v) is 3.76. The van der Waals surface area contributed by atoms with Crippen molar-refractivity contribution in [1.82, 2.24) is 5.32 Å². The van der Waals surface area contributed by atoms with Gasteiger partial charge in [0.1, 0.15) is 0 Å². The third kappa shape index (κ3) is 3.30. The van der Waals surface area contributed by atoms with E-state index < -0.39 is 15.7 Å². The molecule has 1 aromatic carbocycles. The molecule has 1 amide bonds. The molecule has 1 aromatic rings. The van der Waals surface area contributed by atoms with E-state index in [0.29, 0.717) is 18.5 Å². The summed E-state index contributed by atoms with van der Waals surface area (Å²) in [5.41, 5.74) is 6.59. The van der Waals surface area contributed by atoms with Gasteiger partial charge in [-0.25, -0.2) is 8.42 Å². The third-order valence-electron chi connectivity index (χ3n) is 3.04. The van der Waals surface area contributed by atoms with Gasteiger partial charge < -0.3 is 11.1 Å². The predicted molar refractivity (Wildman–Crippen MR) is 68.9 cm³/mol. The molecule has 0 bridgehead atoms. The van der Waals surface area contributed by atoms with E-state index in [4.69, 9.17) is 5.73 Å². The van der Waals surface area contributed by atoms with Crippen LogP contribution in [-0.2, 0) is 16.4 Å². The SMILES string of the molecule is NC(=O)c1cccc(CNC2CCS(=O)(=O)C2)c1. The number of nitrogens with two attached hydrogens (primary N) is 1. The van der Waals surface area contributed by atoms with E-state index in [1.165, 1.54) is 0 Å². The Hall–Kier alpha value is -1.40. The Balaban J connectivity index is 1.95. The molecule has 1 atom stereocenters. The molecule has 0 aliphatic carbocycles. The van der Waals surface area contributed by atoms with Gasteiger partial charge in [-0.15, -0.1) is 0 Å². The Bertz CT molecular complexity index is 554. The zero-order valence-corrected chi connectivity index (χ0v) is 10.7. The maximum Gasteiger partial charge on any atom is 0.248 e. The molecule has 18 heavy (non-hydrogen) atoms. The fraction of sp³-hybridized carbons (Fsp3) is 0.417. The van der Waals surface area contributed by atoms with Gasteiger partial charge in [0.25, 0.3) is 0 Å². The first kappa shape index (κ1) is 13.0. The second-order valence-electron chi connectivity index (χ2n) is 4.55. The van der Waals surface area contributed by atoms with E-state index in [1.807, 2.05) is 6.07 Å². The average Bonchev–Trinajstić information content (AvgIpc) is 2.67. The molecule has 0 radical (unpaired) electrons. The molecule has 1 fully saturated rings. The van der Waals surface area contributed by atoms with Crippen LogP contribution in [0.2, 0.25) is 0 Å². The molecule has 1 heterocycles. The molecule has 0 saturated carbocycles. The summed E-state index contributed by atoms with van der Waals surface area (Å²) in [6.45, 7) is 0.543. The van der Waals surface area contributed by atoms with Crippen LogP contribution in [0, 0.1) is 0 Å². The normalized spacial score (nSPS) is 21.9. The summed E-state index contributed by atoms with van der Waals surface area (Å²) in [4.78, 5) is 11.0. The summed E-state index contributed by atoms with van der Waals surface area (Å²) in [6.07, 6.45) is 0.651. The molecular formula is C12H16N2O3S. The van der Waals surface area contributed by atoms with Crippen LogP contribution in [0.3, 0.4) is 0 Å². The zero-order valence-electron chi connectivity index (χ0n) is 9.93. The standard InChI is InChI=1S/C12H16N2O3S/c13-12(15)10-3-1-2-9(6-10)7-14-11-4-5-18(16,17)8-11/h1-3,6,11,14H,4-5,7-8H2,(H2,13,15). The van der Waals surface area contributed by atoms with E-state index in [-0.39, 0.29) is 17.5 Å². The molecule has 0 aromatic heterocycles. The average molecular weight is 268 g/mol. The quantitative estimate of drug-likeness (QED) is 0.808. The van der Waals surface area contributed by atoms with Gasteiger partial charge in [0.15, 0.2) is 9.84 Å². The minimum absolute atomic E-state index is 0.00670. The lowest BCUT2D eigenvalue weighted by molar-refractivity contribution is 0.1000. The number of rotatable bonds is 4. The zero-order chi connectivity index (χ0) is 13.2. The first-order valence-corrected chi connectivity index (χ1v) is 7.61. The Labute approximate surface area is 106 Å². The van der Waals surface area contributed by atoms with Crippen molar-refractivity contribution >= 4 is 15.7 Å². The predicted octanol–water partition coefficient (Wildman–Crippen LogP) is 0.0622. The van der Waals surface area contributed by atoms with Crippen molar-refractivity contribution in [3.8, 4) is 0 Å². The van der Waals surface area contributed by atoms with Gasteiger partial charge in [-0.3, -0.25) is 4.79 Å². The second kappa shape index (κ2) is 5.07. The van der Waals surface area contributed by atoms with Crippen LogP contribution >= 0.6 is 0 Å². The summed E-state index contributed by atoms with van der Waals surface area (Å²) in [5.74, 6) is -0.00518. The first-order chi connectivity index (χ1) is 8.46. The van der Waals surface area contributed by atoms with Gasteiger partial charge in [-0.1, -0.05) is 12.1 Å². The van der Waals surface area contributed by atoms with Crippen LogP contribution in [0.1, 0.15) is 22.3 Å². The number of benzene rings is 1. The molecule has 1 aliphatic heterocycles.